The Hall–Kier alpha value is -2.77. The lowest BCUT2D eigenvalue weighted by molar-refractivity contribution is -0.151. The summed E-state index contributed by atoms with van der Waals surface area (Å²) in [5.74, 6) is -0.871. The molecule has 3 N–H and O–H groups in total. The molecule has 0 radical (unpaired) electrons. The molecule has 0 aromatic heterocycles. The van der Waals surface area contributed by atoms with Crippen LogP contribution in [0.25, 0.3) is 0 Å². The van der Waals surface area contributed by atoms with Crippen LogP contribution in [0.4, 0.5) is 4.79 Å². The van der Waals surface area contributed by atoms with Gasteiger partial charge in [-0.1, -0.05) is 39.3 Å². The number of phenols is 1. The summed E-state index contributed by atoms with van der Waals surface area (Å²) < 4.78 is 5.45. The zero-order valence-electron chi connectivity index (χ0n) is 24.0. The number of amides is 3. The third-order valence-corrected chi connectivity index (χ3v) is 6.12. The average Bonchev–Trinajstić information content (AvgIpc) is 2.72. The molecule has 3 atom stereocenters. The first-order valence-corrected chi connectivity index (χ1v) is 12.8. The van der Waals surface area contributed by atoms with Crippen molar-refractivity contribution in [2.24, 2.45) is 5.92 Å². The van der Waals surface area contributed by atoms with Crippen LogP contribution in [0, 0.1) is 5.92 Å². The van der Waals surface area contributed by atoms with Crippen LogP contribution in [-0.4, -0.2) is 50.6 Å². The van der Waals surface area contributed by atoms with Gasteiger partial charge in [-0.15, -0.1) is 0 Å². The van der Waals surface area contributed by atoms with Crippen molar-refractivity contribution in [3.8, 4) is 5.75 Å². The molecule has 3 unspecified atom stereocenters. The molecular weight excluding hydrogens is 458 g/mol. The van der Waals surface area contributed by atoms with Gasteiger partial charge in [-0.2, -0.15) is 0 Å². The zero-order valence-corrected chi connectivity index (χ0v) is 24.0. The fourth-order valence-electron chi connectivity index (χ4n) is 3.73. The quantitative estimate of drug-likeness (QED) is 0.422. The van der Waals surface area contributed by atoms with Crippen LogP contribution < -0.4 is 10.6 Å². The molecule has 0 fully saturated rings. The van der Waals surface area contributed by atoms with Gasteiger partial charge in [0, 0.05) is 11.1 Å². The minimum atomic E-state index is -0.987. The molecule has 0 bridgehead atoms. The number of phenolic OH excluding ortho intramolecular Hbond substituents is 1. The third-order valence-electron chi connectivity index (χ3n) is 6.12. The molecule has 36 heavy (non-hydrogen) atoms. The van der Waals surface area contributed by atoms with Crippen molar-refractivity contribution >= 4 is 17.9 Å². The van der Waals surface area contributed by atoms with Crippen molar-refractivity contribution in [2.45, 2.75) is 118 Å². The molecule has 0 aliphatic heterocycles. The lowest BCUT2D eigenvalue weighted by Gasteiger charge is -2.45. The maximum absolute atomic E-state index is 14.3. The first-order valence-electron chi connectivity index (χ1n) is 12.8. The fraction of sp³-hybridized carbons (Fsp3) is 0.679. The van der Waals surface area contributed by atoms with Gasteiger partial charge in [0.05, 0.1) is 0 Å². The topological polar surface area (TPSA) is 108 Å². The number of benzene rings is 1. The molecule has 204 valence electrons. The van der Waals surface area contributed by atoms with E-state index >= 15 is 0 Å². The van der Waals surface area contributed by atoms with Gasteiger partial charge in [-0.3, -0.25) is 9.59 Å². The number of nitrogens with zero attached hydrogens (tertiary/aromatic N) is 1. The summed E-state index contributed by atoms with van der Waals surface area (Å²) in [6, 6.07) is 4.40. The minimum absolute atomic E-state index is 0.0606. The minimum Gasteiger partial charge on any atom is -0.508 e. The van der Waals surface area contributed by atoms with Crippen LogP contribution >= 0.6 is 0 Å². The van der Waals surface area contributed by atoms with E-state index in [1.807, 2.05) is 55.4 Å². The van der Waals surface area contributed by atoms with Gasteiger partial charge in [0.1, 0.15) is 23.4 Å². The smallest absolute Gasteiger partial charge is 0.408 e. The Morgan fingerprint density at radius 1 is 0.972 bits per heavy atom. The van der Waals surface area contributed by atoms with E-state index in [1.54, 1.807) is 37.8 Å². The Labute approximate surface area is 217 Å². The number of aromatic hydroxyl groups is 1. The van der Waals surface area contributed by atoms with E-state index in [1.165, 1.54) is 12.1 Å². The van der Waals surface area contributed by atoms with Crippen LogP contribution in [0.1, 0.15) is 101 Å². The molecule has 0 saturated carbocycles. The van der Waals surface area contributed by atoms with Crippen molar-refractivity contribution in [3.63, 3.8) is 0 Å². The van der Waals surface area contributed by atoms with E-state index in [9.17, 15) is 19.5 Å². The number of alkyl carbamates (subject to hydrolysis) is 1. The predicted octanol–water partition coefficient (Wildman–Crippen LogP) is 5.30. The number of hydrogen-bond acceptors (Lipinski definition) is 5. The highest BCUT2D eigenvalue weighted by Crippen LogP contribution is 2.34. The maximum atomic E-state index is 14.3. The lowest BCUT2D eigenvalue weighted by Crippen LogP contribution is -2.61. The number of carbonyl (C=O) groups excluding carboxylic acids is 3. The van der Waals surface area contributed by atoms with Crippen molar-refractivity contribution in [1.82, 2.24) is 15.5 Å². The third kappa shape index (κ3) is 9.03. The first kappa shape index (κ1) is 31.3. The van der Waals surface area contributed by atoms with E-state index in [0.29, 0.717) is 18.4 Å². The second-order valence-corrected chi connectivity index (χ2v) is 12.1. The van der Waals surface area contributed by atoms with Gasteiger partial charge >= 0.3 is 6.09 Å². The second-order valence-electron chi connectivity index (χ2n) is 12.1. The summed E-state index contributed by atoms with van der Waals surface area (Å²) in [5, 5.41) is 15.6. The number of hydrogen-bond donors (Lipinski definition) is 3. The molecule has 0 aliphatic carbocycles. The summed E-state index contributed by atoms with van der Waals surface area (Å²) in [6.45, 7) is 20.5. The Kier molecular flexibility index (Phi) is 10.4. The van der Waals surface area contributed by atoms with Crippen LogP contribution in [0.15, 0.2) is 24.3 Å². The Balaban J connectivity index is 3.69. The summed E-state index contributed by atoms with van der Waals surface area (Å²) in [7, 11) is 0. The lowest BCUT2D eigenvalue weighted by atomic mass is 9.89. The molecule has 8 heteroatoms. The number of ether oxygens (including phenoxy) is 1. The monoisotopic (exact) mass is 505 g/mol. The molecule has 1 aromatic rings. The van der Waals surface area contributed by atoms with Gasteiger partial charge in [0.2, 0.25) is 11.8 Å². The molecule has 1 rings (SSSR count). The van der Waals surface area contributed by atoms with Crippen molar-refractivity contribution < 1.29 is 24.2 Å². The highest BCUT2D eigenvalue weighted by atomic mass is 16.6. The van der Waals surface area contributed by atoms with Crippen LogP contribution in [0.5, 0.6) is 5.75 Å². The summed E-state index contributed by atoms with van der Waals surface area (Å²) in [6.07, 6.45) is 0.510. The van der Waals surface area contributed by atoms with Gasteiger partial charge in [0.25, 0.3) is 0 Å². The SMILES string of the molecule is CCC(C)C(NC(=O)OC(C)(C)C)C(=O)N(C(C(=O)NC(C)(C)C)c1ccc(O)cc1)C(C)(C)CC. The maximum Gasteiger partial charge on any atom is 0.408 e. The van der Waals surface area contributed by atoms with Gasteiger partial charge in [-0.05, 0) is 85.4 Å². The molecule has 8 nitrogen and oxygen atoms in total. The molecule has 0 heterocycles. The number of carbonyl (C=O) groups is 3. The van der Waals surface area contributed by atoms with Gasteiger partial charge < -0.3 is 25.4 Å². The fourth-order valence-corrected chi connectivity index (χ4v) is 3.73. The van der Waals surface area contributed by atoms with E-state index < -0.39 is 34.9 Å². The van der Waals surface area contributed by atoms with Crippen LogP contribution in [0.3, 0.4) is 0 Å². The number of rotatable bonds is 9. The molecular formula is C28H47N3O5. The molecule has 3 amide bonds. The standard InChI is InChI=1S/C28H47N3O5/c1-12-18(3)21(29-25(35)36-27(7,8)9)24(34)31(28(10,11)13-2)22(23(33)30-26(4,5)6)19-14-16-20(32)17-15-19/h14-18,21-22,32H,12-13H2,1-11H3,(H,29,35)(H,30,33). The van der Waals surface area contributed by atoms with Crippen molar-refractivity contribution in [3.05, 3.63) is 29.8 Å². The van der Waals surface area contributed by atoms with Crippen LogP contribution in [0.2, 0.25) is 0 Å². The van der Waals surface area contributed by atoms with E-state index in [0.717, 1.165) is 0 Å². The summed E-state index contributed by atoms with van der Waals surface area (Å²) in [5.41, 5.74) is -1.45. The molecule has 0 saturated heterocycles. The Morgan fingerprint density at radius 2 is 1.50 bits per heavy atom. The van der Waals surface area contributed by atoms with Crippen molar-refractivity contribution in [1.29, 1.82) is 0 Å². The zero-order chi connectivity index (χ0) is 28.1. The highest BCUT2D eigenvalue weighted by Gasteiger charge is 2.44. The highest BCUT2D eigenvalue weighted by molar-refractivity contribution is 5.93. The first-order chi connectivity index (χ1) is 16.3. The van der Waals surface area contributed by atoms with Crippen LogP contribution in [-0.2, 0) is 14.3 Å². The number of nitrogens with one attached hydrogen (secondary N) is 2. The Morgan fingerprint density at radius 3 is 1.92 bits per heavy atom. The Bertz CT molecular complexity index is 897. The summed E-state index contributed by atoms with van der Waals surface area (Å²) >= 11 is 0. The normalized spacial score (nSPS) is 14.9. The second kappa shape index (κ2) is 12.0. The van der Waals surface area contributed by atoms with E-state index in [-0.39, 0.29) is 23.5 Å². The molecule has 0 aliphatic rings. The molecule has 1 aromatic carbocycles. The van der Waals surface area contributed by atoms with Crippen molar-refractivity contribution in [2.75, 3.05) is 0 Å². The van der Waals surface area contributed by atoms with Gasteiger partial charge in [0.15, 0.2) is 0 Å². The van der Waals surface area contributed by atoms with E-state index in [2.05, 4.69) is 10.6 Å². The summed E-state index contributed by atoms with van der Waals surface area (Å²) in [4.78, 5) is 42.4. The van der Waals surface area contributed by atoms with Gasteiger partial charge in [-0.25, -0.2) is 4.79 Å². The molecule has 0 spiro atoms. The van der Waals surface area contributed by atoms with E-state index in [4.69, 9.17) is 4.74 Å². The largest absolute Gasteiger partial charge is 0.508 e. The predicted molar refractivity (Wildman–Crippen MR) is 143 cm³/mol. The average molecular weight is 506 g/mol.